The molecule has 1 atom stereocenters. The molecule has 4 heteroatoms. The Kier molecular flexibility index (Phi) is 5.22. The van der Waals surface area contributed by atoms with Crippen molar-refractivity contribution in [3.8, 4) is 0 Å². The van der Waals surface area contributed by atoms with Gasteiger partial charge in [0.25, 0.3) is 0 Å². The highest BCUT2D eigenvalue weighted by Crippen LogP contribution is 2.24. The summed E-state index contributed by atoms with van der Waals surface area (Å²) in [4.78, 5) is 0. The maximum atomic E-state index is 10.4. The van der Waals surface area contributed by atoms with E-state index in [1.807, 2.05) is 11.7 Å². The number of hydrogen-bond donors (Lipinski definition) is 1. The zero-order chi connectivity index (χ0) is 15.6. The van der Waals surface area contributed by atoms with Crippen LogP contribution in [-0.2, 0) is 26.3 Å². The van der Waals surface area contributed by atoms with Gasteiger partial charge in [0.2, 0.25) is 0 Å². The van der Waals surface area contributed by atoms with Crippen molar-refractivity contribution in [1.29, 1.82) is 0 Å². The van der Waals surface area contributed by atoms with Crippen LogP contribution >= 0.6 is 15.9 Å². The molecule has 1 aromatic carbocycles. The molecular formula is C17H23BrN2O. The minimum absolute atomic E-state index is 0.401. The van der Waals surface area contributed by atoms with E-state index >= 15 is 0 Å². The maximum absolute atomic E-state index is 10.4. The van der Waals surface area contributed by atoms with E-state index in [0.29, 0.717) is 12.8 Å². The van der Waals surface area contributed by atoms with Crippen molar-refractivity contribution >= 4 is 15.9 Å². The molecule has 0 saturated carbocycles. The predicted octanol–water partition coefficient (Wildman–Crippen LogP) is 3.51. The van der Waals surface area contributed by atoms with Crippen LogP contribution in [0.3, 0.4) is 0 Å². The van der Waals surface area contributed by atoms with E-state index < -0.39 is 6.10 Å². The van der Waals surface area contributed by atoms with Gasteiger partial charge in [0, 0.05) is 13.5 Å². The zero-order valence-electron chi connectivity index (χ0n) is 13.2. The first-order valence-electron chi connectivity index (χ1n) is 7.36. The van der Waals surface area contributed by atoms with Crippen LogP contribution in [0.1, 0.15) is 35.0 Å². The van der Waals surface area contributed by atoms with Gasteiger partial charge in [0.05, 0.1) is 22.0 Å². The second-order valence-corrected chi connectivity index (χ2v) is 6.47. The highest BCUT2D eigenvalue weighted by atomic mass is 79.9. The summed E-state index contributed by atoms with van der Waals surface area (Å²) in [6.07, 6.45) is 1.77. The quantitative estimate of drug-likeness (QED) is 0.895. The van der Waals surface area contributed by atoms with Gasteiger partial charge in [-0.25, -0.2) is 0 Å². The van der Waals surface area contributed by atoms with Crippen molar-refractivity contribution in [2.24, 2.45) is 7.05 Å². The molecule has 1 unspecified atom stereocenters. The van der Waals surface area contributed by atoms with Gasteiger partial charge in [0.1, 0.15) is 0 Å². The van der Waals surface area contributed by atoms with E-state index in [1.54, 1.807) is 0 Å². The summed E-state index contributed by atoms with van der Waals surface area (Å²) in [5.41, 5.74) is 5.79. The van der Waals surface area contributed by atoms with E-state index in [-0.39, 0.29) is 0 Å². The third-order valence-electron chi connectivity index (χ3n) is 3.89. The number of aliphatic hydroxyl groups excluding tert-OH is 1. The predicted molar refractivity (Wildman–Crippen MR) is 89.6 cm³/mol. The molecule has 3 nitrogen and oxygen atoms in total. The molecule has 0 bridgehead atoms. The Bertz CT molecular complexity index is 634. The second-order valence-electron chi connectivity index (χ2n) is 5.68. The van der Waals surface area contributed by atoms with Crippen LogP contribution in [-0.4, -0.2) is 21.0 Å². The lowest BCUT2D eigenvalue weighted by atomic mass is 9.98. The fraction of sp³-hybridized carbons (Fsp3) is 0.471. The van der Waals surface area contributed by atoms with Crippen LogP contribution < -0.4 is 0 Å². The molecule has 0 aliphatic carbocycles. The Morgan fingerprint density at radius 1 is 1.29 bits per heavy atom. The number of aryl methyl sites for hydroxylation is 4. The molecule has 1 aromatic heterocycles. The maximum Gasteiger partial charge on any atom is 0.0766 e. The summed E-state index contributed by atoms with van der Waals surface area (Å²) in [6, 6.07) is 6.39. The van der Waals surface area contributed by atoms with Gasteiger partial charge >= 0.3 is 0 Å². The summed E-state index contributed by atoms with van der Waals surface area (Å²) in [7, 11) is 1.93. The Morgan fingerprint density at radius 2 is 2.00 bits per heavy atom. The summed E-state index contributed by atoms with van der Waals surface area (Å²) < 4.78 is 2.91. The fourth-order valence-electron chi connectivity index (χ4n) is 2.61. The third-order valence-corrected chi connectivity index (χ3v) is 4.81. The molecule has 0 radical (unpaired) electrons. The normalized spacial score (nSPS) is 12.7. The van der Waals surface area contributed by atoms with Crippen LogP contribution in [0.15, 0.2) is 22.7 Å². The summed E-state index contributed by atoms with van der Waals surface area (Å²) >= 11 is 3.61. The van der Waals surface area contributed by atoms with Crippen LogP contribution in [0.25, 0.3) is 0 Å². The van der Waals surface area contributed by atoms with Crippen molar-refractivity contribution in [2.75, 3.05) is 0 Å². The molecule has 0 fully saturated rings. The molecule has 2 rings (SSSR count). The summed E-state index contributed by atoms with van der Waals surface area (Å²) in [5, 5.41) is 14.9. The molecule has 0 aliphatic heterocycles. The van der Waals surface area contributed by atoms with E-state index in [4.69, 9.17) is 0 Å². The van der Waals surface area contributed by atoms with Gasteiger partial charge in [-0.1, -0.05) is 30.7 Å². The van der Waals surface area contributed by atoms with Crippen LogP contribution in [0.5, 0.6) is 0 Å². The Morgan fingerprint density at radius 3 is 2.62 bits per heavy atom. The molecule has 2 aromatic rings. The first-order chi connectivity index (χ1) is 9.92. The van der Waals surface area contributed by atoms with E-state index in [2.05, 4.69) is 60.0 Å². The number of nitrogens with zero attached hydrogens (tertiary/aromatic N) is 2. The second kappa shape index (κ2) is 6.75. The highest BCUT2D eigenvalue weighted by Gasteiger charge is 2.17. The van der Waals surface area contributed by atoms with Gasteiger partial charge in [-0.05, 0) is 53.7 Å². The first-order valence-corrected chi connectivity index (χ1v) is 8.16. The molecule has 1 N–H and O–H groups in total. The van der Waals surface area contributed by atoms with Gasteiger partial charge in [0.15, 0.2) is 0 Å². The van der Waals surface area contributed by atoms with Crippen molar-refractivity contribution in [3.05, 3.63) is 50.8 Å². The van der Waals surface area contributed by atoms with E-state index in [1.165, 1.54) is 16.7 Å². The van der Waals surface area contributed by atoms with Crippen LogP contribution in [0.2, 0.25) is 0 Å². The monoisotopic (exact) mass is 350 g/mol. The standard InChI is InChI=1S/C17H23BrN2O/c1-5-15-17(18)16(20(4)19-15)10-14(21)9-13-8-11(2)6-7-12(13)3/h6-8,14,21H,5,9-10H2,1-4H3. The lowest BCUT2D eigenvalue weighted by Gasteiger charge is -2.14. The first kappa shape index (κ1) is 16.2. The Labute approximate surface area is 135 Å². The number of aromatic nitrogens is 2. The number of benzene rings is 1. The molecule has 0 saturated heterocycles. The molecule has 114 valence electrons. The smallest absolute Gasteiger partial charge is 0.0766 e. The number of rotatable bonds is 5. The highest BCUT2D eigenvalue weighted by molar-refractivity contribution is 9.10. The van der Waals surface area contributed by atoms with Crippen molar-refractivity contribution < 1.29 is 5.11 Å². The third kappa shape index (κ3) is 3.74. The zero-order valence-corrected chi connectivity index (χ0v) is 14.7. The lowest BCUT2D eigenvalue weighted by Crippen LogP contribution is -2.17. The van der Waals surface area contributed by atoms with E-state index in [9.17, 15) is 5.11 Å². The average molecular weight is 351 g/mol. The lowest BCUT2D eigenvalue weighted by molar-refractivity contribution is 0.172. The van der Waals surface area contributed by atoms with Crippen molar-refractivity contribution in [2.45, 2.75) is 46.1 Å². The van der Waals surface area contributed by atoms with Crippen molar-refractivity contribution in [1.82, 2.24) is 9.78 Å². The molecule has 21 heavy (non-hydrogen) atoms. The Balaban J connectivity index is 2.13. The summed E-state index contributed by atoms with van der Waals surface area (Å²) in [5.74, 6) is 0. The average Bonchev–Trinajstić information content (AvgIpc) is 2.70. The van der Waals surface area contributed by atoms with Gasteiger partial charge in [-0.15, -0.1) is 0 Å². The molecule has 1 heterocycles. The minimum atomic E-state index is -0.401. The van der Waals surface area contributed by atoms with Gasteiger partial charge in [-0.3, -0.25) is 4.68 Å². The molecule has 0 spiro atoms. The molecule has 0 amide bonds. The van der Waals surface area contributed by atoms with E-state index in [0.717, 1.165) is 22.3 Å². The van der Waals surface area contributed by atoms with Crippen molar-refractivity contribution in [3.63, 3.8) is 0 Å². The number of halogens is 1. The number of hydrogen-bond acceptors (Lipinski definition) is 2. The van der Waals surface area contributed by atoms with Gasteiger partial charge in [-0.2, -0.15) is 5.10 Å². The van der Waals surface area contributed by atoms with Crippen LogP contribution in [0, 0.1) is 13.8 Å². The summed E-state index contributed by atoms with van der Waals surface area (Å²) in [6.45, 7) is 6.26. The molecular weight excluding hydrogens is 328 g/mol. The SMILES string of the molecule is CCc1nn(C)c(CC(O)Cc2cc(C)ccc2C)c1Br. The largest absolute Gasteiger partial charge is 0.392 e. The Hall–Kier alpha value is -1.13. The molecule has 0 aliphatic rings. The number of aliphatic hydroxyl groups is 1. The fourth-order valence-corrected chi connectivity index (χ4v) is 3.39. The van der Waals surface area contributed by atoms with Crippen LogP contribution in [0.4, 0.5) is 0 Å². The minimum Gasteiger partial charge on any atom is -0.392 e. The topological polar surface area (TPSA) is 38.0 Å². The van der Waals surface area contributed by atoms with Gasteiger partial charge < -0.3 is 5.11 Å².